The molecule has 0 N–H and O–H groups in total. The third-order valence-electron chi connectivity index (χ3n) is 3.63. The van der Waals surface area contributed by atoms with Crippen LogP contribution in [0.15, 0.2) is 17.5 Å². The predicted molar refractivity (Wildman–Crippen MR) is 77.3 cm³/mol. The van der Waals surface area contributed by atoms with Gasteiger partial charge in [0.1, 0.15) is 5.78 Å². The highest BCUT2D eigenvalue weighted by Crippen LogP contribution is 2.21. The van der Waals surface area contributed by atoms with Gasteiger partial charge in [-0.05, 0) is 31.2 Å². The maximum Gasteiger partial charge on any atom is 0.228 e. The third kappa shape index (κ3) is 4.16. The fourth-order valence-corrected chi connectivity index (χ4v) is 3.41. The molecule has 2 rings (SSSR count). The van der Waals surface area contributed by atoms with Gasteiger partial charge in [0.15, 0.2) is 0 Å². The van der Waals surface area contributed by atoms with Gasteiger partial charge < -0.3 is 4.90 Å². The van der Waals surface area contributed by atoms with Crippen LogP contribution in [0.2, 0.25) is 0 Å². The smallest absolute Gasteiger partial charge is 0.228 e. The van der Waals surface area contributed by atoms with Gasteiger partial charge in [0.2, 0.25) is 5.91 Å². The van der Waals surface area contributed by atoms with E-state index in [4.69, 9.17) is 0 Å². The molecular weight excluding hydrogens is 258 g/mol. The molecule has 2 heterocycles. The predicted octanol–water partition coefficient (Wildman–Crippen LogP) is 3.04. The number of carbonyl (C=O) groups is 2. The summed E-state index contributed by atoms with van der Waals surface area (Å²) >= 11 is 1.62. The van der Waals surface area contributed by atoms with Gasteiger partial charge in [-0.25, -0.2) is 0 Å². The lowest BCUT2D eigenvalue weighted by Crippen LogP contribution is -2.41. The Hall–Kier alpha value is -1.16. The topological polar surface area (TPSA) is 37.4 Å². The van der Waals surface area contributed by atoms with Crippen molar-refractivity contribution in [3.05, 3.63) is 22.4 Å². The zero-order chi connectivity index (χ0) is 13.7. The minimum Gasteiger partial charge on any atom is -0.339 e. The second kappa shape index (κ2) is 6.85. The second-order valence-electron chi connectivity index (χ2n) is 5.25. The molecule has 1 aliphatic rings. The largest absolute Gasteiger partial charge is 0.339 e. The molecule has 1 amide bonds. The number of ketones is 1. The molecule has 0 spiro atoms. The molecule has 3 nitrogen and oxygen atoms in total. The molecule has 1 unspecified atom stereocenters. The fraction of sp³-hybridized carbons (Fsp3) is 0.600. The van der Waals surface area contributed by atoms with Crippen molar-refractivity contribution in [2.75, 3.05) is 6.54 Å². The summed E-state index contributed by atoms with van der Waals surface area (Å²) in [5.41, 5.74) is 0. The summed E-state index contributed by atoms with van der Waals surface area (Å²) in [5.74, 6) is 0.358. The standard InChI is InChI=1S/C15H21NO2S/c1-12(17)10-13-6-3-2-4-8-16(13)15(18)11-14-7-5-9-19-14/h5,7,9,13H,2-4,6,8,10-11H2,1H3. The lowest BCUT2D eigenvalue weighted by atomic mass is 10.0. The van der Waals surface area contributed by atoms with E-state index in [2.05, 4.69) is 0 Å². The van der Waals surface area contributed by atoms with Gasteiger partial charge in [0, 0.05) is 23.9 Å². The van der Waals surface area contributed by atoms with Crippen molar-refractivity contribution in [3.8, 4) is 0 Å². The van der Waals surface area contributed by atoms with Crippen molar-refractivity contribution < 1.29 is 9.59 Å². The van der Waals surface area contributed by atoms with Crippen molar-refractivity contribution in [3.63, 3.8) is 0 Å². The summed E-state index contributed by atoms with van der Waals surface area (Å²) in [4.78, 5) is 26.9. The zero-order valence-corrected chi connectivity index (χ0v) is 12.2. The number of Topliss-reactive ketones (excluding diaryl/α,β-unsaturated/α-hetero) is 1. The molecule has 4 heteroatoms. The number of hydrogen-bond acceptors (Lipinski definition) is 3. The lowest BCUT2D eigenvalue weighted by molar-refractivity contribution is -0.133. The maximum absolute atomic E-state index is 12.4. The van der Waals surface area contributed by atoms with E-state index in [9.17, 15) is 9.59 Å². The van der Waals surface area contributed by atoms with E-state index in [-0.39, 0.29) is 17.7 Å². The van der Waals surface area contributed by atoms with Gasteiger partial charge in [0.25, 0.3) is 0 Å². The van der Waals surface area contributed by atoms with E-state index >= 15 is 0 Å². The summed E-state index contributed by atoms with van der Waals surface area (Å²) in [5, 5.41) is 2.00. The number of carbonyl (C=O) groups excluding carboxylic acids is 2. The van der Waals surface area contributed by atoms with Gasteiger partial charge in [-0.1, -0.05) is 18.9 Å². The summed E-state index contributed by atoms with van der Waals surface area (Å²) in [6.07, 6.45) is 5.31. The summed E-state index contributed by atoms with van der Waals surface area (Å²) in [6, 6.07) is 4.09. The Bertz CT molecular complexity index is 427. The molecule has 1 fully saturated rings. The first-order valence-corrected chi connectivity index (χ1v) is 7.86. The van der Waals surface area contributed by atoms with E-state index in [0.717, 1.165) is 37.1 Å². The maximum atomic E-state index is 12.4. The van der Waals surface area contributed by atoms with E-state index in [0.29, 0.717) is 12.8 Å². The Labute approximate surface area is 118 Å². The van der Waals surface area contributed by atoms with Crippen LogP contribution in [-0.4, -0.2) is 29.2 Å². The summed E-state index contributed by atoms with van der Waals surface area (Å²) in [7, 11) is 0. The van der Waals surface area contributed by atoms with Gasteiger partial charge in [-0.15, -0.1) is 11.3 Å². The normalized spacial score (nSPS) is 20.1. The summed E-state index contributed by atoms with van der Waals surface area (Å²) in [6.45, 7) is 2.43. The van der Waals surface area contributed by atoms with Crippen molar-refractivity contribution in [1.29, 1.82) is 0 Å². The minimum absolute atomic E-state index is 0.118. The van der Waals surface area contributed by atoms with Crippen LogP contribution in [0.3, 0.4) is 0 Å². The molecule has 0 saturated carbocycles. The molecule has 1 aliphatic heterocycles. The van der Waals surface area contributed by atoms with E-state index < -0.39 is 0 Å². The molecule has 0 aliphatic carbocycles. The first kappa shape index (κ1) is 14.3. The average molecular weight is 279 g/mol. The summed E-state index contributed by atoms with van der Waals surface area (Å²) < 4.78 is 0. The molecule has 0 aromatic carbocycles. The monoisotopic (exact) mass is 279 g/mol. The molecule has 1 aromatic heterocycles. The molecule has 0 bridgehead atoms. The number of rotatable bonds is 4. The first-order valence-electron chi connectivity index (χ1n) is 6.98. The zero-order valence-electron chi connectivity index (χ0n) is 11.4. The average Bonchev–Trinajstić information content (AvgIpc) is 2.74. The number of nitrogens with zero attached hydrogens (tertiary/aromatic N) is 1. The Morgan fingerprint density at radius 1 is 1.37 bits per heavy atom. The fourth-order valence-electron chi connectivity index (χ4n) is 2.71. The third-order valence-corrected chi connectivity index (χ3v) is 4.50. The highest BCUT2D eigenvalue weighted by molar-refractivity contribution is 7.10. The van der Waals surface area contributed by atoms with Crippen LogP contribution in [-0.2, 0) is 16.0 Å². The lowest BCUT2D eigenvalue weighted by Gasteiger charge is -2.29. The van der Waals surface area contributed by atoms with E-state index in [1.807, 2.05) is 22.4 Å². The van der Waals surface area contributed by atoms with Crippen LogP contribution in [0.25, 0.3) is 0 Å². The Morgan fingerprint density at radius 2 is 2.21 bits per heavy atom. The number of thiophene rings is 1. The molecule has 1 saturated heterocycles. The van der Waals surface area contributed by atoms with Crippen molar-refractivity contribution in [1.82, 2.24) is 4.90 Å². The van der Waals surface area contributed by atoms with Crippen molar-refractivity contribution in [2.45, 2.75) is 51.5 Å². The molecule has 1 atom stereocenters. The van der Waals surface area contributed by atoms with Gasteiger partial charge in [-0.2, -0.15) is 0 Å². The van der Waals surface area contributed by atoms with Gasteiger partial charge in [0.05, 0.1) is 6.42 Å². The van der Waals surface area contributed by atoms with Gasteiger partial charge >= 0.3 is 0 Å². The molecule has 19 heavy (non-hydrogen) atoms. The minimum atomic E-state index is 0.118. The highest BCUT2D eigenvalue weighted by Gasteiger charge is 2.26. The van der Waals surface area contributed by atoms with Crippen molar-refractivity contribution >= 4 is 23.0 Å². The molecular formula is C15H21NO2S. The van der Waals surface area contributed by atoms with Crippen molar-refractivity contribution in [2.24, 2.45) is 0 Å². The molecule has 0 radical (unpaired) electrons. The molecule has 1 aromatic rings. The van der Waals surface area contributed by atoms with Crippen LogP contribution in [0.5, 0.6) is 0 Å². The van der Waals surface area contributed by atoms with E-state index in [1.54, 1.807) is 18.3 Å². The quantitative estimate of drug-likeness (QED) is 0.849. The second-order valence-corrected chi connectivity index (χ2v) is 6.28. The van der Waals surface area contributed by atoms with Crippen LogP contribution in [0.1, 0.15) is 43.9 Å². The molecule has 104 valence electrons. The van der Waals surface area contributed by atoms with Crippen LogP contribution in [0, 0.1) is 0 Å². The highest BCUT2D eigenvalue weighted by atomic mass is 32.1. The number of hydrogen-bond donors (Lipinski definition) is 0. The van der Waals surface area contributed by atoms with Crippen LogP contribution >= 0.6 is 11.3 Å². The Kier molecular flexibility index (Phi) is 5.14. The Balaban J connectivity index is 2.03. The van der Waals surface area contributed by atoms with Crippen LogP contribution < -0.4 is 0 Å². The number of likely N-dealkylation sites (tertiary alicyclic amines) is 1. The van der Waals surface area contributed by atoms with E-state index in [1.165, 1.54) is 0 Å². The number of amides is 1. The Morgan fingerprint density at radius 3 is 2.89 bits per heavy atom. The van der Waals surface area contributed by atoms with Crippen LogP contribution in [0.4, 0.5) is 0 Å². The first-order chi connectivity index (χ1) is 9.16. The van der Waals surface area contributed by atoms with Gasteiger partial charge in [-0.3, -0.25) is 9.59 Å². The SMILES string of the molecule is CC(=O)CC1CCCCCN1C(=O)Cc1cccs1.